The van der Waals surface area contributed by atoms with Gasteiger partial charge in [-0.05, 0) is 49.8 Å². The molecule has 3 rings (SSSR count). The van der Waals surface area contributed by atoms with Gasteiger partial charge in [0.2, 0.25) is 0 Å². The van der Waals surface area contributed by atoms with Crippen LogP contribution in [0.5, 0.6) is 0 Å². The summed E-state index contributed by atoms with van der Waals surface area (Å²) >= 11 is 12.4. The van der Waals surface area contributed by atoms with Crippen LogP contribution in [0.25, 0.3) is 11.8 Å². The van der Waals surface area contributed by atoms with Crippen LogP contribution < -0.4 is 5.32 Å². The first kappa shape index (κ1) is 15.3. The molecule has 0 saturated carbocycles. The highest BCUT2D eigenvalue weighted by Crippen LogP contribution is 2.29. The number of benzene rings is 1. The Morgan fingerprint density at radius 2 is 2.09 bits per heavy atom. The summed E-state index contributed by atoms with van der Waals surface area (Å²) in [4.78, 5) is 12.4. The SMILES string of the molecule is Cc1cc(/C=C2/SC(=S)NC2=O)c(C)n1-c1cccc(Cl)c1. The number of halogens is 1. The lowest BCUT2D eigenvalue weighted by atomic mass is 10.2. The van der Waals surface area contributed by atoms with Gasteiger partial charge < -0.3 is 9.88 Å². The molecule has 0 radical (unpaired) electrons. The Hall–Kier alpha value is -1.56. The molecule has 2 aromatic rings. The molecule has 1 N–H and O–H groups in total. The van der Waals surface area contributed by atoms with E-state index in [9.17, 15) is 4.79 Å². The van der Waals surface area contributed by atoms with Gasteiger partial charge >= 0.3 is 0 Å². The standard InChI is InChI=1S/C16H13ClN2OS2/c1-9-6-11(7-14-15(20)18-16(21)22-14)10(2)19(9)13-5-3-4-12(17)8-13/h3-8H,1-2H3,(H,18,20,21)/b14-7+. The molecule has 112 valence electrons. The molecule has 3 nitrogen and oxygen atoms in total. The smallest absolute Gasteiger partial charge is 0.263 e. The van der Waals surface area contributed by atoms with Crippen LogP contribution in [-0.4, -0.2) is 14.8 Å². The number of hydrogen-bond donors (Lipinski definition) is 1. The van der Waals surface area contributed by atoms with Gasteiger partial charge in [0, 0.05) is 22.1 Å². The first-order valence-corrected chi connectivity index (χ1v) is 8.26. The third kappa shape index (κ3) is 2.84. The fourth-order valence-corrected chi connectivity index (χ4v) is 3.73. The number of thioether (sulfide) groups is 1. The summed E-state index contributed by atoms with van der Waals surface area (Å²) in [7, 11) is 0. The summed E-state index contributed by atoms with van der Waals surface area (Å²) in [5, 5.41) is 3.33. The van der Waals surface area contributed by atoms with Crippen LogP contribution in [0.1, 0.15) is 17.0 Å². The molecule has 0 unspecified atom stereocenters. The highest BCUT2D eigenvalue weighted by molar-refractivity contribution is 8.26. The quantitative estimate of drug-likeness (QED) is 0.651. The number of nitrogens with zero attached hydrogens (tertiary/aromatic N) is 1. The number of nitrogens with one attached hydrogen (secondary N) is 1. The van der Waals surface area contributed by atoms with Crippen molar-refractivity contribution >= 4 is 51.9 Å². The van der Waals surface area contributed by atoms with Crippen LogP contribution in [-0.2, 0) is 4.79 Å². The molecule has 0 aliphatic carbocycles. The van der Waals surface area contributed by atoms with E-state index >= 15 is 0 Å². The first-order chi connectivity index (χ1) is 10.5. The van der Waals surface area contributed by atoms with Crippen molar-refractivity contribution in [2.75, 3.05) is 0 Å². The van der Waals surface area contributed by atoms with Crippen molar-refractivity contribution in [3.63, 3.8) is 0 Å². The van der Waals surface area contributed by atoms with Gasteiger partial charge in [-0.2, -0.15) is 0 Å². The van der Waals surface area contributed by atoms with Crippen LogP contribution in [0.3, 0.4) is 0 Å². The predicted octanol–water partition coefficient (Wildman–Crippen LogP) is 4.24. The Morgan fingerprint density at radius 1 is 1.32 bits per heavy atom. The second-order valence-electron chi connectivity index (χ2n) is 4.99. The minimum Gasteiger partial charge on any atom is -0.318 e. The second kappa shape index (κ2) is 5.91. The summed E-state index contributed by atoms with van der Waals surface area (Å²) in [5.74, 6) is -0.137. The maximum absolute atomic E-state index is 11.8. The second-order valence-corrected chi connectivity index (χ2v) is 7.15. The lowest BCUT2D eigenvalue weighted by Gasteiger charge is -2.09. The minimum atomic E-state index is -0.137. The largest absolute Gasteiger partial charge is 0.318 e. The molecular weight excluding hydrogens is 336 g/mol. The van der Waals surface area contributed by atoms with Gasteiger partial charge in [-0.25, -0.2) is 0 Å². The Bertz CT molecular complexity index is 824. The maximum atomic E-state index is 11.8. The van der Waals surface area contributed by atoms with Crippen LogP contribution >= 0.6 is 35.6 Å². The van der Waals surface area contributed by atoms with E-state index in [2.05, 4.69) is 16.0 Å². The predicted molar refractivity (Wildman–Crippen MR) is 96.6 cm³/mol. The average Bonchev–Trinajstić information content (AvgIpc) is 2.90. The van der Waals surface area contributed by atoms with Crippen LogP contribution in [0.2, 0.25) is 5.02 Å². The third-order valence-electron chi connectivity index (χ3n) is 3.47. The van der Waals surface area contributed by atoms with Gasteiger partial charge in [-0.1, -0.05) is 41.6 Å². The van der Waals surface area contributed by atoms with Crippen LogP contribution in [0.15, 0.2) is 35.2 Å². The normalized spacial score (nSPS) is 16.4. The van der Waals surface area contributed by atoms with Crippen molar-refractivity contribution in [3.05, 3.63) is 57.2 Å². The zero-order chi connectivity index (χ0) is 15.9. The number of hydrogen-bond acceptors (Lipinski definition) is 3. The van der Waals surface area contributed by atoms with Crippen molar-refractivity contribution in [2.45, 2.75) is 13.8 Å². The number of rotatable bonds is 2. The average molecular weight is 349 g/mol. The number of carbonyl (C=O) groups excluding carboxylic acids is 1. The Morgan fingerprint density at radius 3 is 2.73 bits per heavy atom. The molecule has 1 aromatic heterocycles. The van der Waals surface area contributed by atoms with Gasteiger partial charge in [-0.15, -0.1) is 0 Å². The molecule has 22 heavy (non-hydrogen) atoms. The number of thiocarbonyl (C=S) groups is 1. The number of amides is 1. The molecule has 6 heteroatoms. The molecule has 2 heterocycles. The zero-order valence-corrected chi connectivity index (χ0v) is 14.4. The Labute approximate surface area is 143 Å². The van der Waals surface area contributed by atoms with Crippen molar-refractivity contribution in [1.29, 1.82) is 0 Å². The van der Waals surface area contributed by atoms with Gasteiger partial charge in [0.15, 0.2) is 0 Å². The highest BCUT2D eigenvalue weighted by atomic mass is 35.5. The van der Waals surface area contributed by atoms with Gasteiger partial charge in [0.1, 0.15) is 4.32 Å². The van der Waals surface area contributed by atoms with Crippen molar-refractivity contribution in [1.82, 2.24) is 9.88 Å². The van der Waals surface area contributed by atoms with E-state index in [1.165, 1.54) is 11.8 Å². The summed E-state index contributed by atoms with van der Waals surface area (Å²) in [6, 6.07) is 9.76. The highest BCUT2D eigenvalue weighted by Gasteiger charge is 2.22. The third-order valence-corrected chi connectivity index (χ3v) is 4.86. The Balaban J connectivity index is 2.06. The lowest BCUT2D eigenvalue weighted by molar-refractivity contribution is -0.115. The first-order valence-electron chi connectivity index (χ1n) is 6.65. The fourth-order valence-electron chi connectivity index (χ4n) is 2.51. The molecule has 0 bridgehead atoms. The van der Waals surface area contributed by atoms with E-state index in [1.54, 1.807) is 0 Å². The van der Waals surface area contributed by atoms with Gasteiger partial charge in [0.05, 0.1) is 4.91 Å². The van der Waals surface area contributed by atoms with Crippen molar-refractivity contribution in [3.8, 4) is 5.69 Å². The lowest BCUT2D eigenvalue weighted by Crippen LogP contribution is -2.17. The molecule has 1 aliphatic rings. The van der Waals surface area contributed by atoms with E-state index in [0.29, 0.717) is 14.2 Å². The van der Waals surface area contributed by atoms with E-state index in [0.717, 1.165) is 22.6 Å². The molecule has 0 spiro atoms. The summed E-state index contributed by atoms with van der Waals surface area (Å²) in [6.07, 6.45) is 1.88. The molecule has 1 fully saturated rings. The molecule has 1 aromatic carbocycles. The summed E-state index contributed by atoms with van der Waals surface area (Å²) in [6.45, 7) is 4.05. The van der Waals surface area contributed by atoms with Crippen molar-refractivity contribution in [2.24, 2.45) is 0 Å². The van der Waals surface area contributed by atoms with Gasteiger partial charge in [0.25, 0.3) is 5.91 Å². The molecule has 1 saturated heterocycles. The Kier molecular flexibility index (Phi) is 4.12. The van der Waals surface area contributed by atoms with Gasteiger partial charge in [-0.3, -0.25) is 4.79 Å². The number of aromatic nitrogens is 1. The van der Waals surface area contributed by atoms with Crippen LogP contribution in [0, 0.1) is 13.8 Å². The van der Waals surface area contributed by atoms with Crippen molar-refractivity contribution < 1.29 is 4.79 Å². The van der Waals surface area contributed by atoms with E-state index < -0.39 is 0 Å². The molecule has 1 aliphatic heterocycles. The summed E-state index contributed by atoms with van der Waals surface area (Å²) < 4.78 is 2.62. The number of carbonyl (C=O) groups is 1. The molecular formula is C16H13ClN2OS2. The topological polar surface area (TPSA) is 34.0 Å². The minimum absolute atomic E-state index is 0.137. The molecule has 0 atom stereocenters. The number of aryl methyl sites for hydroxylation is 1. The van der Waals surface area contributed by atoms with E-state index in [-0.39, 0.29) is 5.91 Å². The zero-order valence-electron chi connectivity index (χ0n) is 12.0. The van der Waals surface area contributed by atoms with Crippen LogP contribution in [0.4, 0.5) is 0 Å². The maximum Gasteiger partial charge on any atom is 0.263 e. The molecule has 1 amide bonds. The van der Waals surface area contributed by atoms with E-state index in [1.807, 2.05) is 44.2 Å². The monoisotopic (exact) mass is 348 g/mol. The van der Waals surface area contributed by atoms with E-state index in [4.69, 9.17) is 23.8 Å². The summed E-state index contributed by atoms with van der Waals surface area (Å²) in [5.41, 5.74) is 4.14. The fraction of sp³-hybridized carbons (Fsp3) is 0.125.